The van der Waals surface area contributed by atoms with Gasteiger partial charge >= 0.3 is 0 Å². The fourth-order valence-electron chi connectivity index (χ4n) is 6.95. The number of rotatable bonds is 6. The van der Waals surface area contributed by atoms with Gasteiger partial charge in [0.15, 0.2) is 0 Å². The molecule has 4 aliphatic carbocycles. The van der Waals surface area contributed by atoms with E-state index >= 15 is 0 Å². The number of carbonyl (C=O) groups excluding carboxylic acids is 4. The number of fused-ring (bicyclic) bond motifs is 10. The van der Waals surface area contributed by atoms with Crippen molar-refractivity contribution in [3.8, 4) is 0 Å². The topological polar surface area (TPSA) is 78.0 Å². The van der Waals surface area contributed by atoms with Gasteiger partial charge in [0.2, 0.25) is 23.6 Å². The van der Waals surface area contributed by atoms with Crippen molar-refractivity contribution < 1.29 is 19.2 Å². The van der Waals surface area contributed by atoms with Crippen molar-refractivity contribution in [3.05, 3.63) is 37.0 Å². The van der Waals surface area contributed by atoms with Gasteiger partial charge in [-0.3, -0.25) is 33.9 Å². The molecule has 6 aliphatic rings. The summed E-state index contributed by atoms with van der Waals surface area (Å²) in [6, 6.07) is 0. The molecule has 0 spiro atoms. The zero-order chi connectivity index (χ0) is 20.7. The Labute approximate surface area is 175 Å². The van der Waals surface area contributed by atoms with Gasteiger partial charge in [-0.15, -0.1) is 6.58 Å². The highest BCUT2D eigenvalue weighted by atomic mass is 16.2. The molecule has 0 unspecified atom stereocenters. The van der Waals surface area contributed by atoms with Crippen LogP contribution in [0.25, 0.3) is 0 Å². The summed E-state index contributed by atoms with van der Waals surface area (Å²) >= 11 is 0. The molecular formula is C23H25N3O4. The number of allylic oxidation sites excluding steroid dienone is 4. The maximum Gasteiger partial charge on any atom is 0.234 e. The van der Waals surface area contributed by atoms with Crippen LogP contribution in [-0.2, 0) is 19.2 Å². The zero-order valence-corrected chi connectivity index (χ0v) is 16.7. The summed E-state index contributed by atoms with van der Waals surface area (Å²) < 4.78 is 0. The van der Waals surface area contributed by atoms with Gasteiger partial charge in [-0.25, -0.2) is 0 Å². The lowest BCUT2D eigenvalue weighted by Crippen LogP contribution is -2.49. The van der Waals surface area contributed by atoms with E-state index in [9.17, 15) is 19.2 Å². The second-order valence-electron chi connectivity index (χ2n) is 9.63. The van der Waals surface area contributed by atoms with Gasteiger partial charge in [0.05, 0.1) is 37.0 Å². The Morgan fingerprint density at radius 2 is 1.07 bits per heavy atom. The van der Waals surface area contributed by atoms with E-state index in [0.717, 1.165) is 12.8 Å². The van der Waals surface area contributed by atoms with E-state index in [0.29, 0.717) is 6.54 Å². The molecule has 156 valence electrons. The molecule has 0 aromatic rings. The Hall–Kier alpha value is -2.54. The van der Waals surface area contributed by atoms with Crippen LogP contribution in [0.2, 0.25) is 0 Å². The van der Waals surface area contributed by atoms with E-state index < -0.39 is 0 Å². The summed E-state index contributed by atoms with van der Waals surface area (Å²) in [5.74, 6) is -0.772. The van der Waals surface area contributed by atoms with Crippen molar-refractivity contribution in [2.24, 2.45) is 47.3 Å². The molecule has 0 aromatic carbocycles. The summed E-state index contributed by atoms with van der Waals surface area (Å²) in [5.41, 5.74) is 0. The average Bonchev–Trinajstić information content (AvgIpc) is 3.55. The first kappa shape index (κ1) is 18.2. The fourth-order valence-corrected chi connectivity index (χ4v) is 6.95. The molecule has 8 atom stereocenters. The van der Waals surface area contributed by atoms with E-state index in [-0.39, 0.29) is 84.3 Å². The van der Waals surface area contributed by atoms with Crippen LogP contribution >= 0.6 is 0 Å². The smallest absolute Gasteiger partial charge is 0.234 e. The lowest BCUT2D eigenvalue weighted by Gasteiger charge is -2.30. The predicted octanol–water partition coefficient (Wildman–Crippen LogP) is 1.00. The minimum Gasteiger partial charge on any atom is -0.274 e. The molecule has 7 nitrogen and oxygen atoms in total. The molecule has 7 heteroatoms. The number of hydrogen-bond acceptors (Lipinski definition) is 5. The van der Waals surface area contributed by atoms with Crippen LogP contribution in [0, 0.1) is 47.3 Å². The van der Waals surface area contributed by atoms with Crippen LogP contribution in [0.3, 0.4) is 0 Å². The zero-order valence-electron chi connectivity index (χ0n) is 16.7. The van der Waals surface area contributed by atoms with Gasteiger partial charge in [-0.05, 0) is 36.5 Å². The highest BCUT2D eigenvalue weighted by Gasteiger charge is 2.61. The van der Waals surface area contributed by atoms with Gasteiger partial charge in [-0.2, -0.15) is 0 Å². The van der Waals surface area contributed by atoms with Gasteiger partial charge in [0, 0.05) is 6.54 Å². The molecule has 6 rings (SSSR count). The van der Waals surface area contributed by atoms with E-state index in [1.165, 1.54) is 9.80 Å². The molecular weight excluding hydrogens is 382 g/mol. The van der Waals surface area contributed by atoms with Crippen LogP contribution < -0.4 is 0 Å². The van der Waals surface area contributed by atoms with Crippen LogP contribution in [0.15, 0.2) is 37.0 Å². The molecule has 0 radical (unpaired) electrons. The van der Waals surface area contributed by atoms with Crippen LogP contribution in [0.5, 0.6) is 0 Å². The molecule has 2 saturated heterocycles. The molecule has 4 bridgehead atoms. The Morgan fingerprint density at radius 3 is 1.37 bits per heavy atom. The second-order valence-corrected chi connectivity index (χ2v) is 9.63. The number of carbonyl (C=O) groups is 4. The molecule has 0 N–H and O–H groups in total. The van der Waals surface area contributed by atoms with Gasteiger partial charge < -0.3 is 0 Å². The Kier molecular flexibility index (Phi) is 3.79. The number of likely N-dealkylation sites (tertiary alicyclic amines) is 2. The van der Waals surface area contributed by atoms with E-state index in [4.69, 9.17) is 0 Å². The normalized spacial score (nSPS) is 42.4. The van der Waals surface area contributed by atoms with Crippen molar-refractivity contribution in [2.75, 3.05) is 19.9 Å². The third-order valence-electron chi connectivity index (χ3n) is 8.19. The lowest BCUT2D eigenvalue weighted by molar-refractivity contribution is -0.146. The first-order valence-electron chi connectivity index (χ1n) is 10.9. The van der Waals surface area contributed by atoms with E-state index in [1.807, 2.05) is 0 Å². The first-order chi connectivity index (χ1) is 14.5. The van der Waals surface area contributed by atoms with Crippen LogP contribution in [0.4, 0.5) is 0 Å². The van der Waals surface area contributed by atoms with Crippen molar-refractivity contribution in [1.29, 1.82) is 0 Å². The Balaban J connectivity index is 1.19. The number of hydrogen-bond donors (Lipinski definition) is 0. The predicted molar refractivity (Wildman–Crippen MR) is 106 cm³/mol. The summed E-state index contributed by atoms with van der Waals surface area (Å²) in [6.45, 7) is 4.34. The molecule has 2 aliphatic heterocycles. The maximum absolute atomic E-state index is 13.0. The molecule has 2 heterocycles. The lowest BCUT2D eigenvalue weighted by atomic mass is 9.85. The largest absolute Gasteiger partial charge is 0.274 e. The van der Waals surface area contributed by atoms with E-state index in [2.05, 4.69) is 30.9 Å². The van der Waals surface area contributed by atoms with Crippen LogP contribution in [0.1, 0.15) is 12.8 Å². The minimum atomic E-state index is -0.241. The fraction of sp³-hybridized carbons (Fsp3) is 0.565. The Bertz CT molecular complexity index is 809. The van der Waals surface area contributed by atoms with Crippen LogP contribution in [-0.4, -0.2) is 58.2 Å². The summed E-state index contributed by atoms with van der Waals surface area (Å²) in [4.78, 5) is 56.5. The van der Waals surface area contributed by atoms with Crippen molar-refractivity contribution in [3.63, 3.8) is 0 Å². The second kappa shape index (κ2) is 6.23. The van der Waals surface area contributed by atoms with Gasteiger partial charge in [0.25, 0.3) is 0 Å². The van der Waals surface area contributed by atoms with E-state index in [1.54, 1.807) is 11.0 Å². The van der Waals surface area contributed by atoms with Crippen molar-refractivity contribution in [2.45, 2.75) is 12.8 Å². The Morgan fingerprint density at radius 1 is 0.733 bits per heavy atom. The quantitative estimate of drug-likeness (QED) is 0.485. The highest BCUT2D eigenvalue weighted by molar-refractivity contribution is 6.07. The number of amides is 4. The molecule has 4 amide bonds. The van der Waals surface area contributed by atoms with Gasteiger partial charge in [0.1, 0.15) is 0 Å². The highest BCUT2D eigenvalue weighted by Crippen LogP contribution is 2.53. The number of nitrogens with zero attached hydrogens (tertiary/aromatic N) is 3. The molecule has 0 aromatic heterocycles. The van der Waals surface area contributed by atoms with Crippen molar-refractivity contribution in [1.82, 2.24) is 14.7 Å². The number of imide groups is 2. The minimum absolute atomic E-state index is 0.0909. The summed E-state index contributed by atoms with van der Waals surface area (Å²) in [7, 11) is 0. The standard InChI is InChI=1S/C23H25N3O4/c1-2-7-24(10-25-20(27)16-12-3-4-13(8-12)17(16)21(25)28)11-26-22(29)18-14-5-6-15(9-14)19(18)23(26)30/h2-6,12-19H,1,7-11H2/t12-,13+,14-,15+,16+,17-,18+,19-. The molecule has 30 heavy (non-hydrogen) atoms. The SMILES string of the molecule is C=CCN(CN1C(=O)[C@@H]2[C@H](C1=O)[C@H]1C=C[C@@H]2C1)CN1C(=O)[C@@H]2[C@H](C1=O)[C@H]1C=C[C@@H]2C1. The monoisotopic (exact) mass is 407 g/mol. The average molecular weight is 407 g/mol. The molecule has 4 fully saturated rings. The van der Waals surface area contributed by atoms with Crippen molar-refractivity contribution >= 4 is 23.6 Å². The molecule has 2 saturated carbocycles. The van der Waals surface area contributed by atoms with Gasteiger partial charge in [-0.1, -0.05) is 30.4 Å². The third-order valence-corrected chi connectivity index (χ3v) is 8.19. The summed E-state index contributed by atoms with van der Waals surface area (Å²) in [5, 5.41) is 0. The summed E-state index contributed by atoms with van der Waals surface area (Å²) in [6.07, 6.45) is 11.8. The first-order valence-corrected chi connectivity index (χ1v) is 10.9. The third kappa shape index (κ3) is 2.24. The maximum atomic E-state index is 13.0.